The maximum atomic E-state index is 13.1. The van der Waals surface area contributed by atoms with E-state index in [9.17, 15) is 4.79 Å². The van der Waals surface area contributed by atoms with Crippen molar-refractivity contribution in [1.82, 2.24) is 15.0 Å². The number of nitrogens with zero attached hydrogens (tertiary/aromatic N) is 3. The van der Waals surface area contributed by atoms with Crippen molar-refractivity contribution in [2.75, 3.05) is 0 Å². The van der Waals surface area contributed by atoms with Crippen LogP contribution < -0.4 is 0 Å². The second kappa shape index (κ2) is 6.46. The molecule has 28 heavy (non-hydrogen) atoms. The molecule has 0 unspecified atom stereocenters. The number of ether oxygens (including phenoxy) is 1. The van der Waals surface area contributed by atoms with E-state index in [1.165, 1.54) is 0 Å². The second-order valence-electron chi connectivity index (χ2n) is 9.78. The molecule has 2 aromatic rings. The van der Waals surface area contributed by atoms with E-state index in [1.807, 2.05) is 45.7 Å². The molecule has 2 aromatic heterocycles. The smallest absolute Gasteiger partial charge is 0.408 e. The van der Waals surface area contributed by atoms with Gasteiger partial charge in [-0.15, -0.1) is 0 Å². The first-order valence-corrected chi connectivity index (χ1v) is 9.70. The Morgan fingerprint density at radius 3 is 2.43 bits per heavy atom. The highest BCUT2D eigenvalue weighted by Crippen LogP contribution is 2.39. The zero-order valence-corrected chi connectivity index (χ0v) is 18.4. The fourth-order valence-corrected chi connectivity index (χ4v) is 4.34. The van der Waals surface area contributed by atoms with Crippen molar-refractivity contribution in [1.29, 1.82) is 0 Å². The van der Waals surface area contributed by atoms with Gasteiger partial charge in [0, 0.05) is 28.4 Å². The number of amides is 1. The van der Waals surface area contributed by atoms with Crippen LogP contribution in [0, 0.1) is 13.8 Å². The molecule has 0 saturated heterocycles. The van der Waals surface area contributed by atoms with Crippen molar-refractivity contribution < 1.29 is 14.1 Å². The highest BCUT2D eigenvalue weighted by molar-refractivity contribution is 6.46. The minimum absolute atomic E-state index is 0.309. The molecule has 0 spiro atoms. The van der Waals surface area contributed by atoms with Crippen molar-refractivity contribution in [3.63, 3.8) is 0 Å². The molecule has 0 radical (unpaired) electrons. The highest BCUT2D eigenvalue weighted by atomic mass is 16.6. The van der Waals surface area contributed by atoms with Crippen molar-refractivity contribution >= 4 is 37.5 Å². The predicted molar refractivity (Wildman–Crippen MR) is 120 cm³/mol. The van der Waals surface area contributed by atoms with Crippen molar-refractivity contribution in [3.05, 3.63) is 35.0 Å². The van der Waals surface area contributed by atoms with Crippen LogP contribution >= 0.6 is 0 Å². The quantitative estimate of drug-likeness (QED) is 0.624. The number of carbonyl (C=O) groups excluding carboxylic acids is 1. The van der Waals surface area contributed by atoms with Gasteiger partial charge in [-0.25, -0.2) is 4.79 Å². The Bertz CT molecular complexity index is 915. The van der Waals surface area contributed by atoms with Gasteiger partial charge in [0.15, 0.2) is 0 Å². The molecular formula is C18H27B4N3O3. The van der Waals surface area contributed by atoms with Gasteiger partial charge >= 0.3 is 6.09 Å². The molecule has 0 atom stereocenters. The third kappa shape index (κ3) is 3.49. The zero-order valence-electron chi connectivity index (χ0n) is 18.4. The van der Waals surface area contributed by atoms with Gasteiger partial charge in [-0.05, 0) is 58.0 Å². The predicted octanol–water partition coefficient (Wildman–Crippen LogP) is -0.557. The first-order valence-electron chi connectivity index (χ1n) is 9.70. The van der Waals surface area contributed by atoms with Crippen LogP contribution in [0.3, 0.4) is 0 Å². The van der Waals surface area contributed by atoms with Gasteiger partial charge in [0.2, 0.25) is 0 Å². The Hall–Kier alpha value is -2.11. The molecular weight excluding hydrogens is 349 g/mol. The van der Waals surface area contributed by atoms with E-state index in [2.05, 4.69) is 42.6 Å². The monoisotopic (exact) mass is 377 g/mol. The molecule has 3 heterocycles. The molecule has 0 bridgehead atoms. The second-order valence-corrected chi connectivity index (χ2v) is 9.78. The number of carbonyl (C=O) groups is 1. The van der Waals surface area contributed by atoms with Crippen LogP contribution in [-0.2, 0) is 16.5 Å². The van der Waals surface area contributed by atoms with E-state index in [-0.39, 0.29) is 6.09 Å². The number of aromatic nitrogens is 2. The van der Waals surface area contributed by atoms with Crippen molar-refractivity contribution in [2.45, 2.75) is 57.3 Å². The molecule has 6 nitrogen and oxygen atoms in total. The van der Waals surface area contributed by atoms with E-state index < -0.39 is 16.3 Å². The summed E-state index contributed by atoms with van der Waals surface area (Å²) < 4.78 is 11.1. The largest absolute Gasteiger partial charge is 0.444 e. The third-order valence-electron chi connectivity index (χ3n) is 5.29. The van der Waals surface area contributed by atoms with Gasteiger partial charge in [-0.3, -0.25) is 4.98 Å². The fraction of sp³-hybridized carbons (Fsp3) is 0.500. The van der Waals surface area contributed by atoms with Gasteiger partial charge in [-0.2, -0.15) is 0 Å². The SMILES string of the molecule is BC1(B)Cc2ncc(-c3c(C)noc3C)cc2C(B)(B)N1C(=O)OC(C)(C)C. The summed E-state index contributed by atoms with van der Waals surface area (Å²) in [5.41, 5.74) is 4.21. The van der Waals surface area contributed by atoms with Gasteiger partial charge in [0.05, 0.1) is 5.69 Å². The first-order chi connectivity index (χ1) is 12.7. The minimum atomic E-state index is -0.582. The van der Waals surface area contributed by atoms with E-state index in [0.29, 0.717) is 6.42 Å². The van der Waals surface area contributed by atoms with Crippen molar-refractivity contribution in [3.8, 4) is 11.1 Å². The molecule has 0 aromatic carbocycles. The van der Waals surface area contributed by atoms with Gasteiger partial charge in [0.25, 0.3) is 0 Å². The van der Waals surface area contributed by atoms with Crippen LogP contribution in [0.2, 0.25) is 0 Å². The molecule has 0 saturated carbocycles. The molecule has 1 aliphatic rings. The summed E-state index contributed by atoms with van der Waals surface area (Å²) in [6, 6.07) is 2.11. The Kier molecular flexibility index (Phi) is 4.76. The van der Waals surface area contributed by atoms with Crippen LogP contribution in [0.25, 0.3) is 11.1 Å². The first kappa shape index (κ1) is 20.6. The number of pyridine rings is 1. The Balaban J connectivity index is 2.12. The Morgan fingerprint density at radius 2 is 1.89 bits per heavy atom. The van der Waals surface area contributed by atoms with Crippen LogP contribution in [0.1, 0.15) is 43.5 Å². The molecule has 144 valence electrons. The summed E-state index contributed by atoms with van der Waals surface area (Å²) in [5.74, 6) is 0.761. The minimum Gasteiger partial charge on any atom is -0.444 e. The molecule has 0 N–H and O–H groups in total. The maximum Gasteiger partial charge on any atom is 0.408 e. The summed E-state index contributed by atoms with van der Waals surface area (Å²) in [4.78, 5) is 19.8. The lowest BCUT2D eigenvalue weighted by Crippen LogP contribution is -2.67. The normalized spacial score (nSPS) is 17.8. The molecule has 10 heteroatoms. The molecule has 1 aliphatic heterocycles. The lowest BCUT2D eigenvalue weighted by molar-refractivity contribution is 0.00869. The van der Waals surface area contributed by atoms with Crippen LogP contribution in [0.5, 0.6) is 0 Å². The summed E-state index contributed by atoms with van der Waals surface area (Å²) in [5, 5.41) is 3.06. The van der Waals surface area contributed by atoms with Gasteiger partial charge < -0.3 is 14.2 Å². The average molecular weight is 377 g/mol. The van der Waals surface area contributed by atoms with Crippen LogP contribution in [0.4, 0.5) is 4.79 Å². The maximum absolute atomic E-state index is 13.1. The van der Waals surface area contributed by atoms with E-state index in [4.69, 9.17) is 14.2 Å². The highest BCUT2D eigenvalue weighted by Gasteiger charge is 2.48. The van der Waals surface area contributed by atoms with Crippen LogP contribution in [0.15, 0.2) is 16.8 Å². The number of hydrogen-bond donors (Lipinski definition) is 0. The van der Waals surface area contributed by atoms with E-state index >= 15 is 0 Å². The number of hydrogen-bond acceptors (Lipinski definition) is 5. The summed E-state index contributed by atoms with van der Waals surface area (Å²) in [7, 11) is 8.22. The molecule has 3 rings (SSSR count). The number of rotatable bonds is 1. The third-order valence-corrected chi connectivity index (χ3v) is 5.29. The standard InChI is InChI=1S/C18H27B4N3O3/c1-9-14(10(2)28-24-9)11-6-12-13(23-8-11)7-17(19,20)25(18(12,21)22)15(26)27-16(3,4)5/h6,8H,7,19-22H2,1-5H3. The average Bonchev–Trinajstić information content (AvgIpc) is 2.83. The lowest BCUT2D eigenvalue weighted by atomic mass is 9.46. The fourth-order valence-electron chi connectivity index (χ4n) is 4.34. The molecule has 1 amide bonds. The Labute approximate surface area is 170 Å². The Morgan fingerprint density at radius 1 is 1.25 bits per heavy atom. The summed E-state index contributed by atoms with van der Waals surface area (Å²) in [6.07, 6.45) is 2.23. The molecule has 0 fully saturated rings. The van der Waals surface area contributed by atoms with E-state index in [1.54, 1.807) is 0 Å². The molecule has 0 aliphatic carbocycles. The van der Waals surface area contributed by atoms with Crippen molar-refractivity contribution in [2.24, 2.45) is 0 Å². The number of fused-ring (bicyclic) bond motifs is 1. The zero-order chi connectivity index (χ0) is 21.1. The van der Waals surface area contributed by atoms with E-state index in [0.717, 1.165) is 33.8 Å². The summed E-state index contributed by atoms with van der Waals surface area (Å²) in [6.45, 7) is 9.49. The van der Waals surface area contributed by atoms with Crippen LogP contribution in [-0.4, -0.2) is 63.5 Å². The number of aryl methyl sites for hydroxylation is 2. The van der Waals surface area contributed by atoms with Gasteiger partial charge in [-0.1, -0.05) is 5.16 Å². The lowest BCUT2D eigenvalue weighted by Gasteiger charge is -2.53. The topological polar surface area (TPSA) is 68.5 Å². The van der Waals surface area contributed by atoms with Gasteiger partial charge in [0.1, 0.15) is 42.7 Å². The summed E-state index contributed by atoms with van der Waals surface area (Å²) >= 11 is 0.